The van der Waals surface area contributed by atoms with Crippen molar-refractivity contribution in [2.45, 2.75) is 5.19 Å². The lowest BCUT2D eigenvalue weighted by atomic mass is 10.7. The van der Waals surface area contributed by atoms with E-state index in [0.717, 1.165) is 0 Å². The Kier molecular flexibility index (Phi) is 4.50. The molecule has 1 nitrogen and oxygen atoms in total. The second kappa shape index (κ2) is 4.37. The quantitative estimate of drug-likeness (QED) is 0.316. The summed E-state index contributed by atoms with van der Waals surface area (Å²) in [7, 11) is 3.02. The Morgan fingerprint density at radius 1 is 2.00 bits per heavy atom. The van der Waals surface area contributed by atoms with Crippen LogP contribution in [-0.4, -0.2) is 22.0 Å². The average molecular weight is 134 g/mol. The summed E-state index contributed by atoms with van der Waals surface area (Å²) in [4.78, 5) is 0. The number of rotatable bonds is 3. The molecule has 0 heterocycles. The fourth-order valence-electron chi connectivity index (χ4n) is 0.153. The van der Waals surface area contributed by atoms with Gasteiger partial charge in [0.15, 0.2) is 0 Å². The normalized spacial score (nSPS) is 13.4. The van der Waals surface area contributed by atoms with Gasteiger partial charge in [-0.05, 0) is 0 Å². The van der Waals surface area contributed by atoms with Gasteiger partial charge in [0.05, 0.1) is 16.8 Å². The maximum Gasteiger partial charge on any atom is 0.111 e. The Bertz CT molecular complexity index is 55.7. The largest absolute Gasteiger partial charge is 0.363 e. The third-order valence-electron chi connectivity index (χ3n) is 0.360. The summed E-state index contributed by atoms with van der Waals surface area (Å²) < 4.78 is 4.75. The van der Waals surface area contributed by atoms with Crippen LogP contribution < -0.4 is 0 Å². The van der Waals surface area contributed by atoms with E-state index in [-0.39, 0.29) is 0 Å². The van der Waals surface area contributed by atoms with Crippen LogP contribution in [0.25, 0.3) is 0 Å². The van der Waals surface area contributed by atoms with E-state index in [2.05, 4.69) is 16.8 Å². The molecule has 0 N–H and O–H groups in total. The van der Waals surface area contributed by atoms with Gasteiger partial charge in [-0.25, -0.2) is 0 Å². The van der Waals surface area contributed by atoms with Gasteiger partial charge < -0.3 is 4.74 Å². The molecule has 0 rings (SSSR count). The molecule has 0 saturated heterocycles. The van der Waals surface area contributed by atoms with Gasteiger partial charge in [-0.1, -0.05) is 17.7 Å². The van der Waals surface area contributed by atoms with Crippen molar-refractivity contribution < 1.29 is 4.74 Å². The molecule has 3 heteroatoms. The number of alkyl halides is 1. The van der Waals surface area contributed by atoms with Crippen LogP contribution in [-0.2, 0) is 4.74 Å². The molecule has 3 radical (unpaired) electrons. The highest BCUT2D eigenvalue weighted by molar-refractivity contribution is 6.39. The lowest BCUT2D eigenvalue weighted by Crippen LogP contribution is -2.02. The first kappa shape index (κ1) is 7.21. The molecule has 0 spiro atoms. The Morgan fingerprint density at radius 3 is 2.71 bits per heavy atom. The molecule has 1 atom stereocenters. The molecular formula is C4H6ClOSi. The monoisotopic (exact) mass is 133 g/mol. The van der Waals surface area contributed by atoms with Gasteiger partial charge in [-0.2, -0.15) is 0 Å². The van der Waals surface area contributed by atoms with E-state index in [1.54, 1.807) is 6.08 Å². The summed E-state index contributed by atoms with van der Waals surface area (Å²) in [5, 5.41) is -0.391. The van der Waals surface area contributed by atoms with Gasteiger partial charge in [-0.3, -0.25) is 0 Å². The van der Waals surface area contributed by atoms with E-state index in [0.29, 0.717) is 6.61 Å². The summed E-state index contributed by atoms with van der Waals surface area (Å²) in [5.41, 5.74) is 0. The minimum atomic E-state index is -0.391. The molecule has 0 bridgehead atoms. The molecule has 1 unspecified atom stereocenters. The number of hydrogen-bond donors (Lipinski definition) is 0. The number of halogens is 1. The molecule has 0 amide bonds. The minimum absolute atomic E-state index is 0.391. The second-order valence-corrected chi connectivity index (χ2v) is 2.22. The van der Waals surface area contributed by atoms with Crippen LogP contribution in [0.1, 0.15) is 0 Å². The van der Waals surface area contributed by atoms with Gasteiger partial charge in [0.25, 0.3) is 0 Å². The van der Waals surface area contributed by atoms with E-state index >= 15 is 0 Å². The highest BCUT2D eigenvalue weighted by atomic mass is 35.5. The predicted molar refractivity (Wildman–Crippen MR) is 31.5 cm³/mol. The van der Waals surface area contributed by atoms with Crippen LogP contribution >= 0.6 is 11.6 Å². The fraction of sp³-hybridized carbons (Fsp3) is 0.500. The summed E-state index contributed by atoms with van der Waals surface area (Å²) in [5.74, 6) is 0. The summed E-state index contributed by atoms with van der Waals surface area (Å²) in [6.07, 6.45) is 1.63. The Balaban J connectivity index is 2.81. The smallest absolute Gasteiger partial charge is 0.111 e. The summed E-state index contributed by atoms with van der Waals surface area (Å²) >= 11 is 5.30. The highest BCUT2D eigenvalue weighted by Crippen LogP contribution is 1.89. The first-order valence-corrected chi connectivity index (χ1v) is 2.86. The van der Waals surface area contributed by atoms with Gasteiger partial charge in [0.1, 0.15) is 5.19 Å². The van der Waals surface area contributed by atoms with Crippen LogP contribution in [0.15, 0.2) is 12.7 Å². The van der Waals surface area contributed by atoms with E-state index in [1.807, 2.05) is 0 Å². The molecule has 0 aliphatic heterocycles. The average Bonchev–Trinajstić information content (AvgIpc) is 1.61. The fourth-order valence-corrected chi connectivity index (χ4v) is 0.321. The SMILES string of the molecule is C=CCOC([Si])Cl. The third-order valence-corrected chi connectivity index (χ3v) is 0.653. The minimum Gasteiger partial charge on any atom is -0.363 e. The molecule has 0 saturated carbocycles. The number of hydrogen-bond acceptors (Lipinski definition) is 1. The maximum absolute atomic E-state index is 5.30. The van der Waals surface area contributed by atoms with Crippen molar-refractivity contribution in [3.63, 3.8) is 0 Å². The molecule has 0 aromatic heterocycles. The molecule has 7 heavy (non-hydrogen) atoms. The zero-order chi connectivity index (χ0) is 5.70. The Hall–Kier alpha value is 0.207. The van der Waals surface area contributed by atoms with Crippen molar-refractivity contribution >= 4 is 21.8 Å². The summed E-state index contributed by atoms with van der Waals surface area (Å²) in [6.45, 7) is 3.91. The maximum atomic E-state index is 5.30. The molecule has 39 valence electrons. The topological polar surface area (TPSA) is 9.23 Å². The standard InChI is InChI=1S/C4H6ClOSi/c1-2-3-6-4(5)7/h2,4H,1,3H2. The van der Waals surface area contributed by atoms with E-state index in [4.69, 9.17) is 16.3 Å². The molecule has 0 aromatic carbocycles. The second-order valence-electron chi connectivity index (χ2n) is 0.938. The van der Waals surface area contributed by atoms with Crippen LogP contribution in [0.5, 0.6) is 0 Å². The third kappa shape index (κ3) is 6.21. The van der Waals surface area contributed by atoms with Crippen LogP contribution in [0.4, 0.5) is 0 Å². The van der Waals surface area contributed by atoms with E-state index in [9.17, 15) is 0 Å². The van der Waals surface area contributed by atoms with Crippen molar-refractivity contribution in [2.75, 3.05) is 6.61 Å². The number of ether oxygens (including phenoxy) is 1. The Labute approximate surface area is 51.7 Å². The van der Waals surface area contributed by atoms with E-state index < -0.39 is 5.19 Å². The van der Waals surface area contributed by atoms with Crippen LogP contribution in [0, 0.1) is 0 Å². The van der Waals surface area contributed by atoms with Gasteiger partial charge >= 0.3 is 0 Å². The molecule has 0 aliphatic rings. The molecule has 0 aromatic rings. The molecule has 0 fully saturated rings. The first-order chi connectivity index (χ1) is 3.27. The molecule has 0 aliphatic carbocycles. The van der Waals surface area contributed by atoms with Gasteiger partial charge in [0, 0.05) is 0 Å². The van der Waals surface area contributed by atoms with Crippen LogP contribution in [0.2, 0.25) is 0 Å². The predicted octanol–water partition coefficient (Wildman–Crippen LogP) is 0.880. The van der Waals surface area contributed by atoms with Crippen LogP contribution in [0.3, 0.4) is 0 Å². The van der Waals surface area contributed by atoms with Gasteiger partial charge in [-0.15, -0.1) is 6.58 Å². The van der Waals surface area contributed by atoms with E-state index in [1.165, 1.54) is 0 Å². The zero-order valence-electron chi connectivity index (χ0n) is 3.86. The van der Waals surface area contributed by atoms with Crippen molar-refractivity contribution in [1.82, 2.24) is 0 Å². The summed E-state index contributed by atoms with van der Waals surface area (Å²) in [6, 6.07) is 0. The Morgan fingerprint density at radius 2 is 2.57 bits per heavy atom. The van der Waals surface area contributed by atoms with Crippen molar-refractivity contribution in [3.8, 4) is 0 Å². The lowest BCUT2D eigenvalue weighted by molar-refractivity contribution is 0.185. The van der Waals surface area contributed by atoms with Crippen molar-refractivity contribution in [2.24, 2.45) is 0 Å². The zero-order valence-corrected chi connectivity index (χ0v) is 5.61. The molecular weight excluding hydrogens is 128 g/mol. The first-order valence-electron chi connectivity index (χ1n) is 1.85. The van der Waals surface area contributed by atoms with Crippen molar-refractivity contribution in [3.05, 3.63) is 12.7 Å². The van der Waals surface area contributed by atoms with Crippen molar-refractivity contribution in [1.29, 1.82) is 0 Å². The lowest BCUT2D eigenvalue weighted by Gasteiger charge is -1.98. The van der Waals surface area contributed by atoms with Gasteiger partial charge in [0.2, 0.25) is 0 Å². The highest BCUT2D eigenvalue weighted by Gasteiger charge is 1.88.